The molecule has 1 amide bonds. The number of halogens is 2. The molecule has 0 radical (unpaired) electrons. The van der Waals surface area contributed by atoms with Crippen LogP contribution in [0.3, 0.4) is 0 Å². The molecule has 1 N–H and O–H groups in total. The van der Waals surface area contributed by atoms with E-state index < -0.39 is 27.1 Å². The summed E-state index contributed by atoms with van der Waals surface area (Å²) in [7, 11) is 0. The molecule has 0 fully saturated rings. The molecule has 0 saturated heterocycles. The number of anilines is 1. The highest BCUT2D eigenvalue weighted by Gasteiger charge is 2.24. The number of nitro benzene ring substituents is 2. The van der Waals surface area contributed by atoms with Crippen LogP contribution in [-0.2, 0) is 6.73 Å². The fraction of sp³-hybridized carbons (Fsp3) is 0.111. The number of carbonyl (C=O) groups is 1. The fourth-order valence-electron chi connectivity index (χ4n) is 2.61. The Balaban J connectivity index is 1.74. The zero-order chi connectivity index (χ0) is 22.7. The zero-order valence-electron chi connectivity index (χ0n) is 15.7. The molecule has 160 valence electrons. The highest BCUT2D eigenvalue weighted by atomic mass is 35.5. The fourth-order valence-corrected chi connectivity index (χ4v) is 3.08. The van der Waals surface area contributed by atoms with E-state index in [1.54, 1.807) is 12.1 Å². The van der Waals surface area contributed by atoms with Crippen LogP contribution in [0.25, 0.3) is 0 Å². The van der Waals surface area contributed by atoms with Crippen LogP contribution in [0.1, 0.15) is 16.1 Å². The number of aromatic nitrogens is 2. The second kappa shape index (κ2) is 8.98. The maximum absolute atomic E-state index is 12.4. The smallest absolute Gasteiger partial charge is 0.281 e. The van der Waals surface area contributed by atoms with Crippen LogP contribution in [0.5, 0.6) is 5.75 Å². The predicted octanol–water partition coefficient (Wildman–Crippen LogP) is 4.60. The summed E-state index contributed by atoms with van der Waals surface area (Å²) in [6, 6.07) is 8.18. The van der Waals surface area contributed by atoms with E-state index in [1.807, 2.05) is 0 Å². The summed E-state index contributed by atoms with van der Waals surface area (Å²) in [5.41, 5.74) is -1.22. The molecule has 3 rings (SSSR count). The first kappa shape index (κ1) is 22.0. The van der Waals surface area contributed by atoms with Crippen molar-refractivity contribution in [1.82, 2.24) is 9.78 Å². The summed E-state index contributed by atoms with van der Waals surface area (Å²) in [4.78, 5) is 33.2. The summed E-state index contributed by atoms with van der Waals surface area (Å²) in [6.07, 6.45) is 1.47. The van der Waals surface area contributed by atoms with Crippen LogP contribution >= 0.6 is 23.2 Å². The Morgan fingerprint density at radius 3 is 2.35 bits per heavy atom. The predicted molar refractivity (Wildman–Crippen MR) is 112 cm³/mol. The number of nitro groups is 2. The number of carbonyl (C=O) groups excluding carboxylic acids is 1. The highest BCUT2D eigenvalue weighted by Crippen LogP contribution is 2.32. The van der Waals surface area contributed by atoms with Crippen molar-refractivity contribution < 1.29 is 19.4 Å². The standard InChI is InChI=1S/C18H13Cl2N5O6/c1-10-15(24(27)28)7-12(8-16(10)25(29)30)21-18(26)14-4-5-23(22-14)9-31-17-3-2-11(19)6-13(17)20/h2-8H,9H2,1H3,(H,21,26). The van der Waals surface area contributed by atoms with E-state index >= 15 is 0 Å². The second-order valence-corrected chi connectivity index (χ2v) is 7.04. The van der Waals surface area contributed by atoms with Crippen LogP contribution in [0, 0.1) is 27.2 Å². The average Bonchev–Trinajstić information content (AvgIpc) is 3.17. The Bertz CT molecular complexity index is 1160. The Morgan fingerprint density at radius 2 is 1.77 bits per heavy atom. The van der Waals surface area contributed by atoms with Gasteiger partial charge < -0.3 is 10.1 Å². The first-order valence-corrected chi connectivity index (χ1v) is 9.27. The van der Waals surface area contributed by atoms with Gasteiger partial charge in [-0.1, -0.05) is 23.2 Å². The number of hydrogen-bond donors (Lipinski definition) is 1. The average molecular weight is 466 g/mol. The molecule has 3 aromatic rings. The zero-order valence-corrected chi connectivity index (χ0v) is 17.3. The van der Waals surface area contributed by atoms with Gasteiger partial charge in [-0.15, -0.1) is 0 Å². The van der Waals surface area contributed by atoms with E-state index in [0.717, 1.165) is 12.1 Å². The maximum Gasteiger partial charge on any atom is 0.281 e. The van der Waals surface area contributed by atoms with Gasteiger partial charge in [0.15, 0.2) is 12.4 Å². The molecule has 0 spiro atoms. The lowest BCUT2D eigenvalue weighted by Gasteiger charge is -2.08. The van der Waals surface area contributed by atoms with E-state index in [9.17, 15) is 25.0 Å². The number of ether oxygens (including phenoxy) is 1. The molecule has 0 aliphatic carbocycles. The minimum absolute atomic E-state index is 0.0308. The van der Waals surface area contributed by atoms with Gasteiger partial charge in [0.25, 0.3) is 17.3 Å². The molecular weight excluding hydrogens is 453 g/mol. The number of amides is 1. The van der Waals surface area contributed by atoms with E-state index in [4.69, 9.17) is 27.9 Å². The van der Waals surface area contributed by atoms with Crippen LogP contribution in [0.15, 0.2) is 42.6 Å². The van der Waals surface area contributed by atoms with Gasteiger partial charge >= 0.3 is 0 Å². The molecule has 0 aliphatic rings. The molecule has 11 nitrogen and oxygen atoms in total. The monoisotopic (exact) mass is 465 g/mol. The normalized spacial score (nSPS) is 10.5. The molecule has 0 aliphatic heterocycles. The lowest BCUT2D eigenvalue weighted by molar-refractivity contribution is -0.395. The first-order chi connectivity index (χ1) is 14.7. The van der Waals surface area contributed by atoms with Gasteiger partial charge in [-0.05, 0) is 31.2 Å². The third-order valence-electron chi connectivity index (χ3n) is 4.12. The molecule has 0 atom stereocenters. The number of nitrogens with zero attached hydrogens (tertiary/aromatic N) is 4. The van der Waals surface area contributed by atoms with E-state index in [2.05, 4.69) is 10.4 Å². The number of nitrogens with one attached hydrogen (secondary N) is 1. The largest absolute Gasteiger partial charge is 0.470 e. The van der Waals surface area contributed by atoms with Crippen molar-refractivity contribution in [3.05, 3.63) is 84.1 Å². The summed E-state index contributed by atoms with van der Waals surface area (Å²) >= 11 is 11.8. The molecule has 2 aromatic carbocycles. The third-order valence-corrected chi connectivity index (χ3v) is 4.65. The van der Waals surface area contributed by atoms with Gasteiger partial charge in [0, 0.05) is 23.4 Å². The minimum Gasteiger partial charge on any atom is -0.470 e. The number of rotatable bonds is 7. The maximum atomic E-state index is 12.4. The summed E-state index contributed by atoms with van der Waals surface area (Å²) < 4.78 is 6.83. The Hall–Kier alpha value is -3.70. The summed E-state index contributed by atoms with van der Waals surface area (Å²) in [6.45, 7) is 1.20. The van der Waals surface area contributed by atoms with Crippen LogP contribution in [0.2, 0.25) is 10.0 Å². The summed E-state index contributed by atoms with van der Waals surface area (Å²) in [5, 5.41) is 29.5. The topological polar surface area (TPSA) is 142 Å². The van der Waals surface area contributed by atoms with E-state index in [0.29, 0.717) is 15.8 Å². The lowest BCUT2D eigenvalue weighted by atomic mass is 10.1. The number of benzene rings is 2. The molecule has 1 aromatic heterocycles. The van der Waals surface area contributed by atoms with Gasteiger partial charge in [-0.2, -0.15) is 5.10 Å². The molecule has 31 heavy (non-hydrogen) atoms. The van der Waals surface area contributed by atoms with Crippen molar-refractivity contribution in [2.75, 3.05) is 5.32 Å². The second-order valence-electron chi connectivity index (χ2n) is 6.20. The Kier molecular flexibility index (Phi) is 6.37. The third kappa shape index (κ3) is 5.08. The minimum atomic E-state index is -0.758. The highest BCUT2D eigenvalue weighted by molar-refractivity contribution is 6.35. The van der Waals surface area contributed by atoms with Crippen molar-refractivity contribution in [1.29, 1.82) is 0 Å². The Morgan fingerprint density at radius 1 is 1.13 bits per heavy atom. The quantitative estimate of drug-likeness (QED) is 0.396. The van der Waals surface area contributed by atoms with Crippen molar-refractivity contribution >= 4 is 46.2 Å². The van der Waals surface area contributed by atoms with Gasteiger partial charge in [-0.25, -0.2) is 4.68 Å². The van der Waals surface area contributed by atoms with Gasteiger partial charge in [0.05, 0.1) is 20.6 Å². The van der Waals surface area contributed by atoms with Crippen molar-refractivity contribution in [3.8, 4) is 5.75 Å². The SMILES string of the molecule is Cc1c([N+](=O)[O-])cc(NC(=O)c2ccn(COc3ccc(Cl)cc3Cl)n2)cc1[N+](=O)[O-]. The van der Waals surface area contributed by atoms with Gasteiger partial charge in [-0.3, -0.25) is 25.0 Å². The van der Waals surface area contributed by atoms with Crippen LogP contribution in [-0.4, -0.2) is 25.5 Å². The van der Waals surface area contributed by atoms with Crippen LogP contribution in [0.4, 0.5) is 17.1 Å². The van der Waals surface area contributed by atoms with Crippen molar-refractivity contribution in [2.45, 2.75) is 13.7 Å². The molecule has 0 unspecified atom stereocenters. The lowest BCUT2D eigenvalue weighted by Crippen LogP contribution is -2.15. The molecule has 13 heteroatoms. The molecule has 0 saturated carbocycles. The van der Waals surface area contributed by atoms with Crippen molar-refractivity contribution in [2.24, 2.45) is 0 Å². The number of hydrogen-bond acceptors (Lipinski definition) is 7. The van der Waals surface area contributed by atoms with Crippen LogP contribution < -0.4 is 10.1 Å². The van der Waals surface area contributed by atoms with E-state index in [1.165, 1.54) is 29.9 Å². The van der Waals surface area contributed by atoms with Crippen molar-refractivity contribution in [3.63, 3.8) is 0 Å². The van der Waals surface area contributed by atoms with Gasteiger partial charge in [0.2, 0.25) is 0 Å². The van der Waals surface area contributed by atoms with E-state index in [-0.39, 0.29) is 23.7 Å². The molecule has 0 bridgehead atoms. The Labute approximate surface area is 184 Å². The first-order valence-electron chi connectivity index (χ1n) is 8.52. The summed E-state index contributed by atoms with van der Waals surface area (Å²) in [5.74, 6) is -0.345. The molecule has 1 heterocycles. The molecular formula is C18H13Cl2N5O6. The van der Waals surface area contributed by atoms with Gasteiger partial charge in [0.1, 0.15) is 11.3 Å².